The minimum absolute atomic E-state index is 0.162. The van der Waals surface area contributed by atoms with Gasteiger partial charge in [-0.05, 0) is 24.1 Å². The fourth-order valence-electron chi connectivity index (χ4n) is 1.44. The van der Waals surface area contributed by atoms with Crippen LogP contribution in [0.3, 0.4) is 0 Å². The van der Waals surface area contributed by atoms with Gasteiger partial charge in [-0.3, -0.25) is 4.98 Å². The third kappa shape index (κ3) is 2.81. The zero-order valence-electron chi connectivity index (χ0n) is 9.51. The first-order valence-electron chi connectivity index (χ1n) is 5.18. The first kappa shape index (κ1) is 11.1. The summed E-state index contributed by atoms with van der Waals surface area (Å²) >= 11 is 0. The smallest absolute Gasteiger partial charge is 0.223 e. The van der Waals surface area contributed by atoms with Gasteiger partial charge in [0.1, 0.15) is 11.6 Å². The summed E-state index contributed by atoms with van der Waals surface area (Å²) in [6.07, 6.45) is 3.58. The van der Waals surface area contributed by atoms with Crippen LogP contribution in [0.25, 0.3) is 0 Å². The second kappa shape index (κ2) is 4.65. The molecule has 2 aromatic heterocycles. The molecule has 0 saturated carbocycles. The van der Waals surface area contributed by atoms with Crippen molar-refractivity contribution < 1.29 is 0 Å². The maximum Gasteiger partial charge on any atom is 0.223 e. The molecule has 0 bridgehead atoms. The normalized spacial score (nSPS) is 10.2. The first-order chi connectivity index (χ1) is 8.15. The zero-order valence-corrected chi connectivity index (χ0v) is 9.51. The van der Waals surface area contributed by atoms with Crippen molar-refractivity contribution in [2.45, 2.75) is 13.5 Å². The predicted molar refractivity (Wildman–Crippen MR) is 67.2 cm³/mol. The van der Waals surface area contributed by atoms with Gasteiger partial charge in [-0.25, -0.2) is 0 Å². The van der Waals surface area contributed by atoms with E-state index in [0.717, 1.165) is 5.56 Å². The number of rotatable bonds is 3. The van der Waals surface area contributed by atoms with Crippen molar-refractivity contribution in [1.29, 1.82) is 0 Å². The number of nitrogens with one attached hydrogen (secondary N) is 1. The number of pyridine rings is 1. The van der Waals surface area contributed by atoms with Gasteiger partial charge in [0.2, 0.25) is 5.95 Å². The molecular weight excluding hydrogens is 216 g/mol. The Morgan fingerprint density at radius 1 is 1.29 bits per heavy atom. The van der Waals surface area contributed by atoms with Crippen LogP contribution in [-0.2, 0) is 6.54 Å². The quantitative estimate of drug-likeness (QED) is 0.725. The number of nitrogens with two attached hydrogens (primary N) is 2. The summed E-state index contributed by atoms with van der Waals surface area (Å²) in [4.78, 5) is 11.9. The fourth-order valence-corrected chi connectivity index (χ4v) is 1.44. The second-order valence-corrected chi connectivity index (χ2v) is 3.69. The van der Waals surface area contributed by atoms with Crippen LogP contribution < -0.4 is 16.8 Å². The molecule has 2 heterocycles. The first-order valence-corrected chi connectivity index (χ1v) is 5.18. The lowest BCUT2D eigenvalue weighted by Gasteiger charge is -2.08. The molecule has 2 aromatic rings. The van der Waals surface area contributed by atoms with Crippen molar-refractivity contribution in [2.75, 3.05) is 16.8 Å². The minimum atomic E-state index is 0.162. The highest BCUT2D eigenvalue weighted by Crippen LogP contribution is 2.12. The molecule has 0 spiro atoms. The monoisotopic (exact) mass is 230 g/mol. The van der Waals surface area contributed by atoms with Gasteiger partial charge in [0.25, 0.3) is 0 Å². The van der Waals surface area contributed by atoms with Gasteiger partial charge < -0.3 is 16.8 Å². The van der Waals surface area contributed by atoms with E-state index in [4.69, 9.17) is 11.5 Å². The van der Waals surface area contributed by atoms with Crippen LogP contribution in [0.4, 0.5) is 17.6 Å². The van der Waals surface area contributed by atoms with Crippen LogP contribution in [0, 0.1) is 6.92 Å². The Hall–Kier alpha value is -2.37. The molecule has 0 aliphatic heterocycles. The van der Waals surface area contributed by atoms with Gasteiger partial charge in [0.15, 0.2) is 0 Å². The average molecular weight is 230 g/mol. The maximum absolute atomic E-state index is 5.57. The molecule has 0 aliphatic carbocycles. The van der Waals surface area contributed by atoms with E-state index >= 15 is 0 Å². The third-order valence-electron chi connectivity index (χ3n) is 2.37. The number of nitrogens with zero attached hydrogens (tertiary/aromatic N) is 3. The standard InChI is InChI=1S/C11H14N6/c1-7-2-3-14-5-8(7)6-15-10-4-9(12)16-11(13)17-10/h2-5H,6H2,1H3,(H5,12,13,15,16,17). The Labute approximate surface area is 99.1 Å². The number of nitrogen functional groups attached to an aromatic ring is 2. The number of anilines is 3. The summed E-state index contributed by atoms with van der Waals surface area (Å²) in [6, 6.07) is 3.60. The topological polar surface area (TPSA) is 103 Å². The summed E-state index contributed by atoms with van der Waals surface area (Å²) in [7, 11) is 0. The Morgan fingerprint density at radius 3 is 2.82 bits per heavy atom. The highest BCUT2D eigenvalue weighted by molar-refractivity contribution is 5.48. The van der Waals surface area contributed by atoms with E-state index in [-0.39, 0.29) is 5.95 Å². The average Bonchev–Trinajstić information content (AvgIpc) is 2.27. The maximum atomic E-state index is 5.57. The van der Waals surface area contributed by atoms with Crippen LogP contribution in [-0.4, -0.2) is 15.0 Å². The highest BCUT2D eigenvalue weighted by atomic mass is 15.1. The largest absolute Gasteiger partial charge is 0.383 e. The SMILES string of the molecule is Cc1ccncc1CNc1cc(N)nc(N)n1. The summed E-state index contributed by atoms with van der Waals surface area (Å²) in [5.41, 5.74) is 13.3. The van der Waals surface area contributed by atoms with E-state index in [2.05, 4.69) is 20.3 Å². The molecular formula is C11H14N6. The summed E-state index contributed by atoms with van der Waals surface area (Å²) < 4.78 is 0. The molecule has 2 rings (SSSR count). The molecule has 0 fully saturated rings. The van der Waals surface area contributed by atoms with Crippen molar-refractivity contribution in [3.05, 3.63) is 35.7 Å². The molecule has 0 atom stereocenters. The number of aromatic nitrogens is 3. The molecule has 88 valence electrons. The molecule has 17 heavy (non-hydrogen) atoms. The molecule has 0 aliphatic rings. The van der Waals surface area contributed by atoms with E-state index in [1.54, 1.807) is 12.3 Å². The van der Waals surface area contributed by atoms with Crippen LogP contribution >= 0.6 is 0 Å². The Morgan fingerprint density at radius 2 is 2.12 bits per heavy atom. The number of aryl methyl sites for hydroxylation is 1. The van der Waals surface area contributed by atoms with Crippen molar-refractivity contribution in [3.8, 4) is 0 Å². The summed E-state index contributed by atoms with van der Waals surface area (Å²) in [5, 5.41) is 3.13. The van der Waals surface area contributed by atoms with Crippen LogP contribution in [0.2, 0.25) is 0 Å². The van der Waals surface area contributed by atoms with Gasteiger partial charge in [0, 0.05) is 25.0 Å². The molecule has 5 N–H and O–H groups in total. The van der Waals surface area contributed by atoms with E-state index in [0.29, 0.717) is 18.2 Å². The Bertz CT molecular complexity index is 505. The minimum Gasteiger partial charge on any atom is -0.383 e. The van der Waals surface area contributed by atoms with Crippen molar-refractivity contribution >= 4 is 17.6 Å². The molecule has 0 amide bonds. The molecule has 6 nitrogen and oxygen atoms in total. The van der Waals surface area contributed by atoms with Gasteiger partial charge >= 0.3 is 0 Å². The molecule has 0 unspecified atom stereocenters. The zero-order chi connectivity index (χ0) is 12.3. The summed E-state index contributed by atoms with van der Waals surface area (Å²) in [6.45, 7) is 2.65. The Kier molecular flexibility index (Phi) is 3.04. The number of hydrogen-bond acceptors (Lipinski definition) is 6. The van der Waals surface area contributed by atoms with Crippen molar-refractivity contribution in [3.63, 3.8) is 0 Å². The fraction of sp³-hybridized carbons (Fsp3) is 0.182. The van der Waals surface area contributed by atoms with Gasteiger partial charge in [0.05, 0.1) is 0 Å². The second-order valence-electron chi connectivity index (χ2n) is 3.69. The lowest BCUT2D eigenvalue weighted by Crippen LogP contribution is -2.07. The van der Waals surface area contributed by atoms with Crippen LogP contribution in [0.15, 0.2) is 24.5 Å². The van der Waals surface area contributed by atoms with E-state index in [9.17, 15) is 0 Å². The van der Waals surface area contributed by atoms with Crippen molar-refractivity contribution in [2.24, 2.45) is 0 Å². The third-order valence-corrected chi connectivity index (χ3v) is 2.37. The van der Waals surface area contributed by atoms with Crippen LogP contribution in [0.1, 0.15) is 11.1 Å². The molecule has 6 heteroatoms. The summed E-state index contributed by atoms with van der Waals surface area (Å²) in [5.74, 6) is 1.12. The van der Waals surface area contributed by atoms with E-state index < -0.39 is 0 Å². The lowest BCUT2D eigenvalue weighted by atomic mass is 10.1. The van der Waals surface area contributed by atoms with Crippen molar-refractivity contribution in [1.82, 2.24) is 15.0 Å². The Balaban J connectivity index is 2.10. The molecule has 0 radical (unpaired) electrons. The highest BCUT2D eigenvalue weighted by Gasteiger charge is 2.01. The number of hydrogen-bond donors (Lipinski definition) is 3. The van der Waals surface area contributed by atoms with E-state index in [1.807, 2.05) is 19.2 Å². The van der Waals surface area contributed by atoms with Gasteiger partial charge in [-0.2, -0.15) is 9.97 Å². The van der Waals surface area contributed by atoms with Gasteiger partial charge in [-0.1, -0.05) is 0 Å². The molecule has 0 saturated heterocycles. The van der Waals surface area contributed by atoms with Gasteiger partial charge in [-0.15, -0.1) is 0 Å². The van der Waals surface area contributed by atoms with Crippen LogP contribution in [0.5, 0.6) is 0 Å². The predicted octanol–water partition coefficient (Wildman–Crippen LogP) is 0.957. The van der Waals surface area contributed by atoms with E-state index in [1.165, 1.54) is 5.56 Å². The lowest BCUT2D eigenvalue weighted by molar-refractivity contribution is 1.05. The molecule has 0 aromatic carbocycles.